The van der Waals surface area contributed by atoms with Gasteiger partial charge in [-0.05, 0) is 30.3 Å². The maximum absolute atomic E-state index is 12.9. The van der Waals surface area contributed by atoms with E-state index in [0.29, 0.717) is 5.75 Å². The van der Waals surface area contributed by atoms with Crippen LogP contribution in [0.5, 0.6) is 5.75 Å². The van der Waals surface area contributed by atoms with E-state index < -0.39 is 48.4 Å². The first-order chi connectivity index (χ1) is 13.7. The molecule has 2 aromatic carbocycles. The summed E-state index contributed by atoms with van der Waals surface area (Å²) < 4.78 is 48.3. The maximum atomic E-state index is 12.9. The van der Waals surface area contributed by atoms with Crippen LogP contribution in [-0.4, -0.2) is 38.0 Å². The van der Waals surface area contributed by atoms with E-state index in [1.54, 1.807) is 12.1 Å². The van der Waals surface area contributed by atoms with E-state index >= 15 is 0 Å². The molecular weight excluding hydrogens is 393 g/mol. The Balaban J connectivity index is 1.82. The number of anilines is 1. The van der Waals surface area contributed by atoms with Gasteiger partial charge in [0.05, 0.1) is 18.4 Å². The molecule has 154 valence electrons. The number of benzene rings is 2. The molecule has 0 saturated carbocycles. The van der Waals surface area contributed by atoms with Gasteiger partial charge in [0.2, 0.25) is 0 Å². The Morgan fingerprint density at radius 1 is 1.03 bits per heavy atom. The zero-order valence-electron chi connectivity index (χ0n) is 15.2. The quantitative estimate of drug-likeness (QED) is 0.685. The zero-order chi connectivity index (χ0) is 21.4. The second-order valence-corrected chi connectivity index (χ2v) is 5.67. The first-order valence-electron chi connectivity index (χ1n) is 8.24. The molecule has 2 N–H and O–H groups in total. The molecule has 7 nitrogen and oxygen atoms in total. The van der Waals surface area contributed by atoms with Gasteiger partial charge in [0.25, 0.3) is 11.8 Å². The van der Waals surface area contributed by atoms with Crippen LogP contribution >= 0.6 is 0 Å². The molecule has 10 heteroatoms. The smallest absolute Gasteiger partial charge is 0.418 e. The van der Waals surface area contributed by atoms with Gasteiger partial charge in [-0.25, -0.2) is 0 Å². The highest BCUT2D eigenvalue weighted by molar-refractivity contribution is 5.97. The number of methoxy groups -OCH3 is 1. The average Bonchev–Trinajstić information content (AvgIpc) is 2.70. The van der Waals surface area contributed by atoms with Gasteiger partial charge in [-0.1, -0.05) is 18.2 Å². The van der Waals surface area contributed by atoms with Crippen LogP contribution in [0.25, 0.3) is 0 Å². The van der Waals surface area contributed by atoms with Crippen molar-refractivity contribution in [3.05, 3.63) is 59.7 Å². The summed E-state index contributed by atoms with van der Waals surface area (Å²) in [4.78, 5) is 35.4. The fourth-order valence-corrected chi connectivity index (χ4v) is 2.24. The summed E-state index contributed by atoms with van der Waals surface area (Å²) in [6.45, 7) is -1.33. The van der Waals surface area contributed by atoms with Crippen LogP contribution in [0.3, 0.4) is 0 Å². The van der Waals surface area contributed by atoms with Crippen molar-refractivity contribution in [1.82, 2.24) is 5.32 Å². The summed E-state index contributed by atoms with van der Waals surface area (Å²) in [5.41, 5.74) is -1.23. The number of halogens is 3. The SMILES string of the molecule is COc1cccc(C(=O)NCC(=O)OCC(=O)Nc2ccccc2C(F)(F)F)c1. The topological polar surface area (TPSA) is 93.7 Å². The van der Waals surface area contributed by atoms with Gasteiger partial charge in [0.15, 0.2) is 6.61 Å². The molecule has 0 bridgehead atoms. The van der Waals surface area contributed by atoms with Gasteiger partial charge >= 0.3 is 12.1 Å². The number of carbonyl (C=O) groups is 3. The highest BCUT2D eigenvalue weighted by Crippen LogP contribution is 2.34. The summed E-state index contributed by atoms with van der Waals surface area (Å²) in [7, 11) is 1.44. The molecule has 2 rings (SSSR count). The largest absolute Gasteiger partial charge is 0.497 e. The molecule has 0 aromatic heterocycles. The summed E-state index contributed by atoms with van der Waals surface area (Å²) in [5.74, 6) is -1.99. The lowest BCUT2D eigenvalue weighted by Crippen LogP contribution is -2.32. The third-order valence-electron chi connectivity index (χ3n) is 3.60. The van der Waals surface area contributed by atoms with Crippen molar-refractivity contribution in [2.45, 2.75) is 6.18 Å². The number of rotatable bonds is 7. The minimum absolute atomic E-state index is 0.249. The van der Waals surface area contributed by atoms with Crippen LogP contribution in [0, 0.1) is 0 Å². The first-order valence-corrected chi connectivity index (χ1v) is 8.24. The van der Waals surface area contributed by atoms with Crippen molar-refractivity contribution in [3.8, 4) is 5.75 Å². The predicted molar refractivity (Wildman–Crippen MR) is 96.4 cm³/mol. The Bertz CT molecular complexity index is 899. The lowest BCUT2D eigenvalue weighted by atomic mass is 10.1. The minimum atomic E-state index is -4.65. The van der Waals surface area contributed by atoms with Gasteiger partial charge in [-0.3, -0.25) is 14.4 Å². The van der Waals surface area contributed by atoms with Crippen molar-refractivity contribution in [2.24, 2.45) is 0 Å². The minimum Gasteiger partial charge on any atom is -0.497 e. The van der Waals surface area contributed by atoms with Crippen molar-refractivity contribution in [3.63, 3.8) is 0 Å². The second-order valence-electron chi connectivity index (χ2n) is 5.67. The van der Waals surface area contributed by atoms with Crippen molar-refractivity contribution in [1.29, 1.82) is 0 Å². The summed E-state index contributed by atoms with van der Waals surface area (Å²) in [6, 6.07) is 10.6. The maximum Gasteiger partial charge on any atom is 0.418 e. The molecular formula is C19H17F3N2O5. The lowest BCUT2D eigenvalue weighted by Gasteiger charge is -2.13. The van der Waals surface area contributed by atoms with E-state index in [1.807, 2.05) is 5.32 Å². The average molecular weight is 410 g/mol. The third-order valence-corrected chi connectivity index (χ3v) is 3.60. The monoisotopic (exact) mass is 410 g/mol. The molecule has 29 heavy (non-hydrogen) atoms. The lowest BCUT2D eigenvalue weighted by molar-refractivity contribution is -0.146. The van der Waals surface area contributed by atoms with Crippen molar-refractivity contribution < 1.29 is 37.0 Å². The van der Waals surface area contributed by atoms with E-state index in [9.17, 15) is 27.6 Å². The molecule has 0 aliphatic heterocycles. The van der Waals surface area contributed by atoms with E-state index in [0.717, 1.165) is 12.1 Å². The predicted octanol–water partition coefficient (Wildman–Crippen LogP) is 2.63. The Kier molecular flexibility index (Phi) is 7.18. The second kappa shape index (κ2) is 9.58. The molecule has 0 aliphatic carbocycles. The summed E-state index contributed by atoms with van der Waals surface area (Å²) in [5, 5.41) is 4.34. The normalized spacial score (nSPS) is 10.8. The fourth-order valence-electron chi connectivity index (χ4n) is 2.24. The number of nitrogens with one attached hydrogen (secondary N) is 2. The Morgan fingerprint density at radius 3 is 2.45 bits per heavy atom. The van der Waals surface area contributed by atoms with Gasteiger partial charge in [-0.15, -0.1) is 0 Å². The van der Waals surface area contributed by atoms with Gasteiger partial charge < -0.3 is 20.1 Å². The number of amides is 2. The first kappa shape index (κ1) is 21.7. The Hall–Kier alpha value is -3.56. The van der Waals surface area contributed by atoms with E-state index in [4.69, 9.17) is 4.74 Å². The van der Waals surface area contributed by atoms with E-state index in [1.165, 1.54) is 31.4 Å². The number of alkyl halides is 3. The number of esters is 1. The van der Waals surface area contributed by atoms with Gasteiger partial charge in [0, 0.05) is 5.56 Å². The molecule has 0 spiro atoms. The van der Waals surface area contributed by atoms with Crippen molar-refractivity contribution >= 4 is 23.5 Å². The summed E-state index contributed by atoms with van der Waals surface area (Å²) in [6.07, 6.45) is -4.65. The molecule has 0 heterocycles. The van der Waals surface area contributed by atoms with Crippen LogP contribution in [0.2, 0.25) is 0 Å². The summed E-state index contributed by atoms with van der Waals surface area (Å²) >= 11 is 0. The van der Waals surface area contributed by atoms with Crippen LogP contribution in [0.15, 0.2) is 48.5 Å². The highest BCUT2D eigenvalue weighted by Gasteiger charge is 2.33. The fraction of sp³-hybridized carbons (Fsp3) is 0.211. The zero-order valence-corrected chi connectivity index (χ0v) is 15.2. The number of hydrogen-bond donors (Lipinski definition) is 2. The van der Waals surface area contributed by atoms with Crippen LogP contribution in [0.1, 0.15) is 15.9 Å². The standard InChI is InChI=1S/C19H17F3N2O5/c1-28-13-6-4-5-12(9-13)18(27)23-10-17(26)29-11-16(25)24-15-8-3-2-7-14(15)19(20,21)22/h2-9H,10-11H2,1H3,(H,23,27)(H,24,25). The number of carbonyl (C=O) groups excluding carboxylic acids is 3. The van der Waals surface area contributed by atoms with Crippen LogP contribution in [-0.2, 0) is 20.5 Å². The van der Waals surface area contributed by atoms with E-state index in [2.05, 4.69) is 10.1 Å². The number of ether oxygens (including phenoxy) is 2. The van der Waals surface area contributed by atoms with Crippen molar-refractivity contribution in [2.75, 3.05) is 25.6 Å². The molecule has 0 unspecified atom stereocenters. The third kappa shape index (κ3) is 6.52. The molecule has 0 aliphatic rings. The van der Waals surface area contributed by atoms with Gasteiger partial charge in [0.1, 0.15) is 12.3 Å². The van der Waals surface area contributed by atoms with Crippen LogP contribution in [0.4, 0.5) is 18.9 Å². The Morgan fingerprint density at radius 2 is 1.76 bits per heavy atom. The molecule has 2 aromatic rings. The molecule has 2 amide bonds. The van der Waals surface area contributed by atoms with Gasteiger partial charge in [-0.2, -0.15) is 13.2 Å². The number of hydrogen-bond acceptors (Lipinski definition) is 5. The Labute approximate surface area is 163 Å². The van der Waals surface area contributed by atoms with E-state index in [-0.39, 0.29) is 5.56 Å². The molecule has 0 atom stereocenters. The highest BCUT2D eigenvalue weighted by atomic mass is 19.4. The van der Waals surface area contributed by atoms with Crippen LogP contribution < -0.4 is 15.4 Å². The number of para-hydroxylation sites is 1. The molecule has 0 radical (unpaired) electrons. The molecule has 0 fully saturated rings. The molecule has 0 saturated heterocycles.